The van der Waals surface area contributed by atoms with Crippen molar-refractivity contribution < 1.29 is 13.6 Å². The van der Waals surface area contributed by atoms with E-state index in [-0.39, 0.29) is 5.56 Å². The number of rotatable bonds is 5. The Labute approximate surface area is 130 Å². The smallest absolute Gasteiger partial charge is 0.251 e. The van der Waals surface area contributed by atoms with Crippen molar-refractivity contribution in [2.24, 2.45) is 0 Å². The van der Waals surface area contributed by atoms with Crippen molar-refractivity contribution in [2.45, 2.75) is 4.90 Å². The number of benzene rings is 2. The Morgan fingerprint density at radius 3 is 2.48 bits per heavy atom. The zero-order valence-corrected chi connectivity index (χ0v) is 12.5. The predicted octanol–water partition coefficient (Wildman–Crippen LogP) is 4.14. The van der Waals surface area contributed by atoms with Gasteiger partial charge in [-0.1, -0.05) is 11.6 Å². The Balaban J connectivity index is 1.79. The Hall–Kier alpha value is -1.59. The molecule has 0 radical (unpaired) electrons. The van der Waals surface area contributed by atoms with Crippen molar-refractivity contribution in [3.8, 4) is 0 Å². The van der Waals surface area contributed by atoms with Crippen molar-refractivity contribution >= 4 is 29.3 Å². The van der Waals surface area contributed by atoms with E-state index in [0.717, 1.165) is 17.0 Å². The van der Waals surface area contributed by atoms with Gasteiger partial charge in [0.2, 0.25) is 0 Å². The summed E-state index contributed by atoms with van der Waals surface area (Å²) in [6, 6.07) is 10.5. The summed E-state index contributed by atoms with van der Waals surface area (Å²) in [5.74, 6) is -1.76. The lowest BCUT2D eigenvalue weighted by Gasteiger charge is -2.06. The lowest BCUT2D eigenvalue weighted by atomic mass is 10.2. The second-order valence-electron chi connectivity index (χ2n) is 4.19. The number of carbonyl (C=O) groups is 1. The fourth-order valence-corrected chi connectivity index (χ4v) is 2.50. The molecule has 0 atom stereocenters. The third-order valence-electron chi connectivity index (χ3n) is 2.65. The van der Waals surface area contributed by atoms with E-state index < -0.39 is 17.5 Å². The van der Waals surface area contributed by atoms with Crippen LogP contribution in [0.15, 0.2) is 47.4 Å². The summed E-state index contributed by atoms with van der Waals surface area (Å²) in [4.78, 5) is 12.8. The van der Waals surface area contributed by atoms with Crippen molar-refractivity contribution in [2.75, 3.05) is 12.3 Å². The normalized spacial score (nSPS) is 10.4. The van der Waals surface area contributed by atoms with Crippen LogP contribution >= 0.6 is 23.4 Å². The summed E-state index contributed by atoms with van der Waals surface area (Å²) in [7, 11) is 0. The van der Waals surface area contributed by atoms with Gasteiger partial charge in [0.25, 0.3) is 5.91 Å². The minimum Gasteiger partial charge on any atom is -0.351 e. The van der Waals surface area contributed by atoms with E-state index in [1.54, 1.807) is 23.9 Å². The van der Waals surface area contributed by atoms with Crippen LogP contribution in [0.3, 0.4) is 0 Å². The van der Waals surface area contributed by atoms with Gasteiger partial charge in [0, 0.05) is 27.8 Å². The zero-order valence-electron chi connectivity index (χ0n) is 10.9. The minimum atomic E-state index is -1.03. The highest BCUT2D eigenvalue weighted by Crippen LogP contribution is 2.19. The molecule has 1 N–H and O–H groups in total. The van der Waals surface area contributed by atoms with Crippen molar-refractivity contribution in [1.29, 1.82) is 0 Å². The molecule has 0 bridgehead atoms. The van der Waals surface area contributed by atoms with Gasteiger partial charge >= 0.3 is 0 Å². The van der Waals surface area contributed by atoms with Crippen LogP contribution in [0.2, 0.25) is 5.02 Å². The Kier molecular flexibility index (Phi) is 5.59. The van der Waals surface area contributed by atoms with Crippen LogP contribution in [0.5, 0.6) is 0 Å². The largest absolute Gasteiger partial charge is 0.351 e. The Morgan fingerprint density at radius 1 is 1.10 bits per heavy atom. The molecule has 0 aliphatic heterocycles. The predicted molar refractivity (Wildman–Crippen MR) is 80.9 cm³/mol. The van der Waals surface area contributed by atoms with Gasteiger partial charge in [-0.05, 0) is 42.5 Å². The first-order chi connectivity index (χ1) is 10.1. The molecule has 6 heteroatoms. The SMILES string of the molecule is O=C(NCCSc1ccc(Cl)cc1)c1ccc(F)c(F)c1. The molecule has 0 spiro atoms. The first-order valence-corrected chi connectivity index (χ1v) is 7.54. The lowest BCUT2D eigenvalue weighted by molar-refractivity contribution is 0.0955. The van der Waals surface area contributed by atoms with Crippen molar-refractivity contribution in [1.82, 2.24) is 5.32 Å². The van der Waals surface area contributed by atoms with E-state index >= 15 is 0 Å². The number of hydrogen-bond donors (Lipinski definition) is 1. The zero-order chi connectivity index (χ0) is 15.2. The summed E-state index contributed by atoms with van der Waals surface area (Å²) in [5, 5.41) is 3.32. The molecule has 21 heavy (non-hydrogen) atoms. The molecule has 110 valence electrons. The third-order valence-corrected chi connectivity index (χ3v) is 3.92. The van der Waals surface area contributed by atoms with Crippen LogP contribution in [-0.4, -0.2) is 18.2 Å². The summed E-state index contributed by atoms with van der Waals surface area (Å²) < 4.78 is 25.8. The lowest BCUT2D eigenvalue weighted by Crippen LogP contribution is -2.25. The number of nitrogens with one attached hydrogen (secondary N) is 1. The number of halogens is 3. The van der Waals surface area contributed by atoms with Gasteiger partial charge in [0.1, 0.15) is 0 Å². The van der Waals surface area contributed by atoms with Gasteiger partial charge in [-0.3, -0.25) is 4.79 Å². The molecule has 2 aromatic carbocycles. The average Bonchev–Trinajstić information content (AvgIpc) is 2.48. The third kappa shape index (κ3) is 4.72. The van der Waals surface area contributed by atoms with Crippen LogP contribution in [-0.2, 0) is 0 Å². The highest BCUT2D eigenvalue weighted by molar-refractivity contribution is 7.99. The van der Waals surface area contributed by atoms with Crippen LogP contribution in [0.4, 0.5) is 8.78 Å². The Bertz CT molecular complexity index is 634. The molecule has 2 aromatic rings. The van der Waals surface area contributed by atoms with Crippen molar-refractivity contribution in [3.63, 3.8) is 0 Å². The number of hydrogen-bond acceptors (Lipinski definition) is 2. The molecule has 0 aromatic heterocycles. The second kappa shape index (κ2) is 7.43. The summed E-state index contributed by atoms with van der Waals surface area (Å²) in [5.41, 5.74) is 0.102. The van der Waals surface area contributed by atoms with Crippen molar-refractivity contribution in [3.05, 3.63) is 64.7 Å². The van der Waals surface area contributed by atoms with Gasteiger partial charge in [-0.25, -0.2) is 8.78 Å². The molecule has 2 nitrogen and oxygen atoms in total. The van der Waals surface area contributed by atoms with E-state index in [0.29, 0.717) is 17.3 Å². The van der Waals surface area contributed by atoms with Gasteiger partial charge in [-0.15, -0.1) is 11.8 Å². The molecule has 0 saturated heterocycles. The maximum Gasteiger partial charge on any atom is 0.251 e. The van der Waals surface area contributed by atoms with Gasteiger partial charge in [-0.2, -0.15) is 0 Å². The van der Waals surface area contributed by atoms with Crippen LogP contribution in [0.25, 0.3) is 0 Å². The minimum absolute atomic E-state index is 0.102. The van der Waals surface area contributed by atoms with E-state index in [4.69, 9.17) is 11.6 Å². The summed E-state index contributed by atoms with van der Waals surface area (Å²) in [6.07, 6.45) is 0. The first kappa shape index (κ1) is 15.8. The van der Waals surface area contributed by atoms with E-state index in [2.05, 4.69) is 5.32 Å². The second-order valence-corrected chi connectivity index (χ2v) is 5.79. The summed E-state index contributed by atoms with van der Waals surface area (Å²) >= 11 is 7.35. The molecule has 0 aliphatic carbocycles. The fraction of sp³-hybridized carbons (Fsp3) is 0.133. The van der Waals surface area contributed by atoms with Gasteiger partial charge in [0.05, 0.1) is 0 Å². The highest BCUT2D eigenvalue weighted by atomic mass is 35.5. The number of carbonyl (C=O) groups excluding carboxylic acids is 1. The molecular formula is C15H12ClF2NOS. The van der Waals surface area contributed by atoms with Crippen LogP contribution in [0.1, 0.15) is 10.4 Å². The highest BCUT2D eigenvalue weighted by Gasteiger charge is 2.09. The summed E-state index contributed by atoms with van der Waals surface area (Å²) in [6.45, 7) is 0.422. The van der Waals surface area contributed by atoms with Crippen LogP contribution in [0, 0.1) is 11.6 Å². The van der Waals surface area contributed by atoms with Gasteiger partial charge in [0.15, 0.2) is 11.6 Å². The maximum absolute atomic E-state index is 13.0. The van der Waals surface area contributed by atoms with E-state index in [9.17, 15) is 13.6 Å². The molecule has 1 amide bonds. The first-order valence-electron chi connectivity index (χ1n) is 6.18. The van der Waals surface area contributed by atoms with E-state index in [1.807, 2.05) is 12.1 Å². The number of amides is 1. The number of thioether (sulfide) groups is 1. The monoisotopic (exact) mass is 327 g/mol. The molecule has 2 rings (SSSR count). The molecule has 0 saturated carbocycles. The maximum atomic E-state index is 13.0. The molecule has 0 aliphatic rings. The van der Waals surface area contributed by atoms with E-state index in [1.165, 1.54) is 6.07 Å². The quantitative estimate of drug-likeness (QED) is 0.660. The molecule has 0 unspecified atom stereocenters. The topological polar surface area (TPSA) is 29.1 Å². The average molecular weight is 328 g/mol. The molecule has 0 heterocycles. The fourth-order valence-electron chi connectivity index (χ4n) is 1.60. The molecular weight excluding hydrogens is 316 g/mol. The van der Waals surface area contributed by atoms with Crippen LogP contribution < -0.4 is 5.32 Å². The Morgan fingerprint density at radius 2 is 1.81 bits per heavy atom. The molecule has 0 fully saturated rings. The standard InChI is InChI=1S/C15H12ClF2NOS/c16-11-2-4-12(5-3-11)21-8-7-19-15(20)10-1-6-13(17)14(18)9-10/h1-6,9H,7-8H2,(H,19,20). The van der Waals surface area contributed by atoms with Gasteiger partial charge < -0.3 is 5.32 Å².